The summed E-state index contributed by atoms with van der Waals surface area (Å²) in [5.74, 6) is -0.218. The lowest BCUT2D eigenvalue weighted by Gasteiger charge is -2.33. The second-order valence-corrected chi connectivity index (χ2v) is 7.49. The van der Waals surface area contributed by atoms with E-state index in [-0.39, 0.29) is 36.2 Å². The first-order valence-corrected chi connectivity index (χ1v) is 9.26. The number of fused-ring (bicyclic) bond motifs is 1. The molecule has 26 heavy (non-hydrogen) atoms. The molecule has 1 atom stereocenters. The third kappa shape index (κ3) is 3.38. The Morgan fingerprint density at radius 2 is 2.15 bits per heavy atom. The monoisotopic (exact) mass is 483 g/mol. The van der Waals surface area contributed by atoms with Gasteiger partial charge in [0.05, 0.1) is 20.2 Å². The first kappa shape index (κ1) is 13.3. The smallest absolute Gasteiger partial charge is 0.254 e. The summed E-state index contributed by atoms with van der Waals surface area (Å²) in [5, 5.41) is 4.06. The Bertz CT molecular complexity index is 1120. The number of hydrogen-bond acceptors (Lipinski definition) is 5. The molecule has 7 nitrogen and oxygen atoms in total. The summed E-state index contributed by atoms with van der Waals surface area (Å²) in [4.78, 5) is 22.5. The van der Waals surface area contributed by atoms with Crippen molar-refractivity contribution in [1.82, 2.24) is 24.5 Å². The van der Waals surface area contributed by atoms with E-state index in [0.29, 0.717) is 12.1 Å². The summed E-state index contributed by atoms with van der Waals surface area (Å²) in [6, 6.07) is 6.48. The first-order chi connectivity index (χ1) is 14.1. The number of carbonyl (C=O) groups excluding carboxylic acids is 1. The number of hydrogen-bond donors (Lipinski definition) is 0. The molecule has 9 heteroatoms. The Labute approximate surface area is 172 Å². The minimum absolute atomic E-state index is 0.0493. The van der Waals surface area contributed by atoms with Gasteiger partial charge in [-0.25, -0.2) is 4.98 Å². The molecule has 0 aliphatic carbocycles. The molecule has 1 saturated heterocycles. The molecule has 0 N–H and O–H groups in total. The van der Waals surface area contributed by atoms with Gasteiger partial charge in [-0.3, -0.25) is 4.79 Å². The Balaban J connectivity index is 1.73. The molecule has 4 rings (SSSR count). The van der Waals surface area contributed by atoms with E-state index in [4.69, 9.17) is 10.2 Å². The number of benzene rings is 1. The van der Waals surface area contributed by atoms with Crippen LogP contribution in [0.15, 0.2) is 39.5 Å². The molecule has 1 unspecified atom stereocenters. The number of amides is 1. The highest BCUT2D eigenvalue weighted by molar-refractivity contribution is 9.11. The van der Waals surface area contributed by atoms with Gasteiger partial charge in [-0.2, -0.15) is 14.6 Å². The van der Waals surface area contributed by atoms with E-state index in [1.165, 1.54) is 21.8 Å². The van der Waals surface area contributed by atoms with Crippen LogP contribution in [0.1, 0.15) is 33.3 Å². The molecule has 3 heterocycles. The van der Waals surface area contributed by atoms with Gasteiger partial charge in [0.15, 0.2) is 0 Å². The zero-order chi connectivity index (χ0) is 21.7. The molecule has 1 aliphatic heterocycles. The summed E-state index contributed by atoms with van der Waals surface area (Å²) in [7, 11) is 0. The minimum atomic E-state index is -2.49. The van der Waals surface area contributed by atoms with Crippen LogP contribution in [-0.2, 0) is 4.74 Å². The Kier molecular flexibility index (Phi) is 3.62. The molecule has 0 saturated carbocycles. The van der Waals surface area contributed by atoms with Gasteiger partial charge in [0, 0.05) is 30.9 Å². The fourth-order valence-electron chi connectivity index (χ4n) is 2.78. The summed E-state index contributed by atoms with van der Waals surface area (Å²) in [6.07, 6.45) is -0.519. The molecule has 0 radical (unpaired) electrons. The van der Waals surface area contributed by atoms with Crippen LogP contribution >= 0.6 is 31.9 Å². The van der Waals surface area contributed by atoms with Crippen molar-refractivity contribution in [2.45, 2.75) is 12.9 Å². The molecule has 2 aromatic heterocycles. The number of aryl methyl sites for hydroxylation is 1. The Morgan fingerprint density at radius 1 is 1.35 bits per heavy atom. The van der Waals surface area contributed by atoms with Crippen LogP contribution < -0.4 is 0 Å². The number of halogens is 2. The average Bonchev–Trinajstić information content (AvgIpc) is 3.13. The van der Waals surface area contributed by atoms with Crippen molar-refractivity contribution in [1.29, 1.82) is 0 Å². The maximum absolute atomic E-state index is 13.1. The van der Waals surface area contributed by atoms with Crippen molar-refractivity contribution in [3.63, 3.8) is 0 Å². The molecular formula is C17H15Br2N5O2. The molecule has 3 aromatic rings. The number of morpholine rings is 1. The minimum Gasteiger partial charge on any atom is -0.368 e. The van der Waals surface area contributed by atoms with E-state index in [1.54, 1.807) is 12.1 Å². The van der Waals surface area contributed by atoms with E-state index < -0.39 is 12.9 Å². The van der Waals surface area contributed by atoms with Gasteiger partial charge in [-0.05, 0) is 31.1 Å². The van der Waals surface area contributed by atoms with E-state index in [9.17, 15) is 4.79 Å². The van der Waals surface area contributed by atoms with Crippen molar-refractivity contribution >= 4 is 43.5 Å². The van der Waals surface area contributed by atoms with Crippen LogP contribution in [0.5, 0.6) is 0 Å². The molecule has 1 aliphatic rings. The number of nitrogens with zero attached hydrogens (tertiary/aromatic N) is 5. The highest BCUT2D eigenvalue weighted by atomic mass is 79.9. The zero-order valence-electron chi connectivity index (χ0n) is 17.3. The maximum Gasteiger partial charge on any atom is 0.254 e. The molecule has 134 valence electrons. The van der Waals surface area contributed by atoms with Crippen molar-refractivity contribution in [2.75, 3.05) is 19.7 Å². The molecule has 0 bridgehead atoms. The van der Waals surface area contributed by atoms with Crippen LogP contribution in [0.4, 0.5) is 0 Å². The molecule has 1 fully saturated rings. The normalized spacial score (nSPS) is 23.2. The predicted molar refractivity (Wildman–Crippen MR) is 102 cm³/mol. The van der Waals surface area contributed by atoms with Gasteiger partial charge in [0.25, 0.3) is 11.7 Å². The summed E-state index contributed by atoms with van der Waals surface area (Å²) in [5.41, 5.74) is 0.376. The summed E-state index contributed by atoms with van der Waals surface area (Å²) >= 11 is 6.74. The molecule has 0 spiro atoms. The van der Waals surface area contributed by atoms with Crippen LogP contribution in [0.3, 0.4) is 0 Å². The fraction of sp³-hybridized carbons (Fsp3) is 0.294. The second-order valence-electron chi connectivity index (χ2n) is 5.65. The van der Waals surface area contributed by atoms with Crippen molar-refractivity contribution in [3.8, 4) is 0 Å². The highest BCUT2D eigenvalue weighted by Gasteiger charge is 2.28. The third-order valence-corrected chi connectivity index (χ3v) is 4.82. The molecular weight excluding hydrogens is 466 g/mol. The average molecular weight is 485 g/mol. The van der Waals surface area contributed by atoms with Crippen molar-refractivity contribution in [2.24, 2.45) is 0 Å². The lowest BCUT2D eigenvalue weighted by Crippen LogP contribution is -2.42. The highest BCUT2D eigenvalue weighted by Crippen LogP contribution is 2.26. The predicted octanol–water partition coefficient (Wildman–Crippen LogP) is 3.17. The van der Waals surface area contributed by atoms with E-state index in [0.717, 1.165) is 8.95 Å². The SMILES string of the molecule is [2H]C([2H])([2H])c1cc(C2([2H])CN(C(=O)c3cc(Br)cc(Br)c3)CCO2)n2ncnc2n1. The van der Waals surface area contributed by atoms with E-state index in [2.05, 4.69) is 46.9 Å². The van der Waals surface area contributed by atoms with Gasteiger partial charge < -0.3 is 9.64 Å². The maximum atomic E-state index is 13.1. The van der Waals surface area contributed by atoms with Crippen LogP contribution in [0, 0.1) is 6.85 Å². The lowest BCUT2D eigenvalue weighted by atomic mass is 10.1. The Morgan fingerprint density at radius 3 is 2.92 bits per heavy atom. The van der Waals surface area contributed by atoms with Gasteiger partial charge in [0.2, 0.25) is 0 Å². The largest absolute Gasteiger partial charge is 0.368 e. The number of ether oxygens (including phenoxy) is 1. The van der Waals surface area contributed by atoms with Crippen LogP contribution in [0.2, 0.25) is 0 Å². The summed E-state index contributed by atoms with van der Waals surface area (Å²) in [6.45, 7) is -2.21. The lowest BCUT2D eigenvalue weighted by molar-refractivity contribution is -0.0257. The second kappa shape index (κ2) is 7.05. The number of rotatable bonds is 2. The molecule has 1 aromatic carbocycles. The van der Waals surface area contributed by atoms with E-state index >= 15 is 0 Å². The topological polar surface area (TPSA) is 72.6 Å². The zero-order valence-corrected chi connectivity index (χ0v) is 16.5. The summed E-state index contributed by atoms with van der Waals surface area (Å²) < 4.78 is 40.4. The van der Waals surface area contributed by atoms with Crippen LogP contribution in [-0.4, -0.2) is 50.1 Å². The van der Waals surface area contributed by atoms with Crippen molar-refractivity contribution in [3.05, 3.63) is 56.5 Å². The van der Waals surface area contributed by atoms with Gasteiger partial charge in [-0.1, -0.05) is 31.9 Å². The quantitative estimate of drug-likeness (QED) is 0.558. The van der Waals surface area contributed by atoms with E-state index in [1.807, 2.05) is 6.07 Å². The van der Waals surface area contributed by atoms with Crippen LogP contribution in [0.25, 0.3) is 5.78 Å². The first-order valence-electron chi connectivity index (χ1n) is 9.68. The molecule has 1 amide bonds. The third-order valence-electron chi connectivity index (χ3n) is 3.91. The van der Waals surface area contributed by atoms with Gasteiger partial charge in [-0.15, -0.1) is 0 Å². The Hall–Kier alpha value is -1.84. The number of aromatic nitrogens is 4. The van der Waals surface area contributed by atoms with Gasteiger partial charge in [0.1, 0.15) is 12.4 Å². The van der Waals surface area contributed by atoms with Crippen molar-refractivity contribution < 1.29 is 15.0 Å². The van der Waals surface area contributed by atoms with Gasteiger partial charge >= 0.3 is 0 Å². The fourth-order valence-corrected chi connectivity index (χ4v) is 4.07. The number of carbonyl (C=O) groups is 1. The standard InChI is InChI=1S/C17H15Br2N5O2/c1-10-4-14(24-17(22-10)20-9-21-24)15-8-23(2-3-26-15)16(25)11-5-12(18)7-13(19)6-11/h4-7,9,15H,2-3,8H2,1H3/i1D3,15D.